The van der Waals surface area contributed by atoms with E-state index in [2.05, 4.69) is 55.4 Å². The average molecular weight is 456 g/mol. The molecule has 0 fully saturated rings. The molecule has 0 heterocycles. The number of fused-ring (bicyclic) bond motifs is 1. The van der Waals surface area contributed by atoms with Gasteiger partial charge in [0.2, 0.25) is 0 Å². The summed E-state index contributed by atoms with van der Waals surface area (Å²) in [4.78, 5) is 14.9. The molecule has 0 saturated carbocycles. The Bertz CT molecular complexity index is 1240. The zero-order valence-electron chi connectivity index (χ0n) is 20.5. The Morgan fingerprint density at radius 1 is 1.09 bits per heavy atom. The van der Waals surface area contributed by atoms with Crippen LogP contribution in [0, 0.1) is 5.92 Å². The fraction of sp³-hybridized carbons (Fsp3) is 0.300. The van der Waals surface area contributed by atoms with Crippen molar-refractivity contribution < 1.29 is 14.3 Å². The van der Waals surface area contributed by atoms with Crippen LogP contribution >= 0.6 is 0 Å². The van der Waals surface area contributed by atoms with E-state index in [9.17, 15) is 4.79 Å². The van der Waals surface area contributed by atoms with Gasteiger partial charge in [-0.1, -0.05) is 48.6 Å². The predicted molar refractivity (Wildman–Crippen MR) is 140 cm³/mol. The predicted octanol–water partition coefficient (Wildman–Crippen LogP) is 6.46. The molecule has 1 atom stereocenters. The Labute approximate surface area is 202 Å². The fourth-order valence-corrected chi connectivity index (χ4v) is 4.76. The largest absolute Gasteiger partial charge is 0.497 e. The zero-order valence-corrected chi connectivity index (χ0v) is 20.5. The molecular weight excluding hydrogens is 422 g/mol. The Balaban J connectivity index is 1.78. The Morgan fingerprint density at radius 2 is 1.91 bits per heavy atom. The maximum atomic E-state index is 12.7. The molecule has 4 rings (SSSR count). The summed E-state index contributed by atoms with van der Waals surface area (Å²) in [5, 5.41) is 1.96. The van der Waals surface area contributed by atoms with E-state index in [1.807, 2.05) is 43.3 Å². The normalized spacial score (nSPS) is 17.1. The van der Waals surface area contributed by atoms with Crippen LogP contribution in [0.5, 0.6) is 5.75 Å². The SMILES string of the molecule is CCOC(=O)c1cc(/C=C2\C=C(c3cccc(OC)c3)C(CN(C)C)CC2)cc2ccccc12. The summed E-state index contributed by atoms with van der Waals surface area (Å²) in [7, 11) is 5.96. The number of benzene rings is 3. The second kappa shape index (κ2) is 10.7. The summed E-state index contributed by atoms with van der Waals surface area (Å²) < 4.78 is 10.8. The third-order valence-electron chi connectivity index (χ3n) is 6.28. The van der Waals surface area contributed by atoms with Gasteiger partial charge in [0, 0.05) is 6.54 Å². The molecule has 4 heteroatoms. The van der Waals surface area contributed by atoms with E-state index in [1.165, 1.54) is 16.7 Å². The Kier molecular flexibility index (Phi) is 7.49. The first-order valence-electron chi connectivity index (χ1n) is 11.9. The zero-order chi connectivity index (χ0) is 24.1. The lowest BCUT2D eigenvalue weighted by atomic mass is 9.81. The van der Waals surface area contributed by atoms with E-state index in [-0.39, 0.29) is 5.97 Å². The van der Waals surface area contributed by atoms with Crippen molar-refractivity contribution in [1.82, 2.24) is 4.90 Å². The molecule has 34 heavy (non-hydrogen) atoms. The number of hydrogen-bond acceptors (Lipinski definition) is 4. The number of carbonyl (C=O) groups excluding carboxylic acids is 1. The molecule has 0 aliphatic heterocycles. The van der Waals surface area contributed by atoms with Crippen LogP contribution in [0.2, 0.25) is 0 Å². The summed E-state index contributed by atoms with van der Waals surface area (Å²) in [6.45, 7) is 3.20. The molecule has 0 aromatic heterocycles. The minimum absolute atomic E-state index is 0.277. The van der Waals surface area contributed by atoms with Crippen LogP contribution in [-0.4, -0.2) is 45.2 Å². The molecule has 0 amide bonds. The quantitative estimate of drug-likeness (QED) is 0.383. The van der Waals surface area contributed by atoms with E-state index in [4.69, 9.17) is 9.47 Å². The highest BCUT2D eigenvalue weighted by Crippen LogP contribution is 2.37. The van der Waals surface area contributed by atoms with Gasteiger partial charge >= 0.3 is 5.97 Å². The minimum atomic E-state index is -0.277. The molecule has 1 aliphatic rings. The van der Waals surface area contributed by atoms with Gasteiger partial charge in [0.15, 0.2) is 0 Å². The lowest BCUT2D eigenvalue weighted by Gasteiger charge is -2.29. The van der Waals surface area contributed by atoms with Crippen LogP contribution in [0.3, 0.4) is 0 Å². The van der Waals surface area contributed by atoms with Crippen LogP contribution in [0.15, 0.2) is 72.3 Å². The standard InChI is InChI=1S/C30H33NO3/c1-5-34-30(32)29-18-22(16-23-9-6-7-12-27(23)29)15-21-13-14-25(20-31(2)3)28(17-21)24-10-8-11-26(19-24)33-4/h6-12,15-19,25H,5,13-14,20H2,1-4H3/b21-15-. The third-order valence-corrected chi connectivity index (χ3v) is 6.28. The van der Waals surface area contributed by atoms with Gasteiger partial charge in [-0.3, -0.25) is 0 Å². The Morgan fingerprint density at radius 3 is 2.68 bits per heavy atom. The minimum Gasteiger partial charge on any atom is -0.497 e. The van der Waals surface area contributed by atoms with Gasteiger partial charge in [0.25, 0.3) is 0 Å². The highest BCUT2D eigenvalue weighted by Gasteiger charge is 2.22. The topological polar surface area (TPSA) is 38.8 Å². The molecule has 0 radical (unpaired) electrons. The number of allylic oxidation sites excluding steroid dienone is 2. The van der Waals surface area contributed by atoms with Crippen molar-refractivity contribution in [2.45, 2.75) is 19.8 Å². The van der Waals surface area contributed by atoms with E-state index in [1.54, 1.807) is 7.11 Å². The summed E-state index contributed by atoms with van der Waals surface area (Å²) in [5.41, 5.74) is 5.42. The number of hydrogen-bond donors (Lipinski definition) is 0. The van der Waals surface area contributed by atoms with Gasteiger partial charge in [0.05, 0.1) is 19.3 Å². The van der Waals surface area contributed by atoms with Crippen molar-refractivity contribution in [1.29, 1.82) is 0 Å². The lowest BCUT2D eigenvalue weighted by molar-refractivity contribution is 0.0528. The maximum absolute atomic E-state index is 12.7. The molecule has 0 bridgehead atoms. The molecule has 0 saturated heterocycles. The molecule has 1 aliphatic carbocycles. The summed E-state index contributed by atoms with van der Waals surface area (Å²) in [5.74, 6) is 1.04. The number of esters is 1. The van der Waals surface area contributed by atoms with E-state index in [0.717, 1.165) is 41.5 Å². The molecule has 3 aromatic rings. The van der Waals surface area contributed by atoms with Crippen LogP contribution in [0.1, 0.15) is 41.3 Å². The lowest BCUT2D eigenvalue weighted by Crippen LogP contribution is -2.24. The third kappa shape index (κ3) is 5.40. The first-order chi connectivity index (χ1) is 16.5. The number of rotatable bonds is 7. The van der Waals surface area contributed by atoms with Gasteiger partial charge in [-0.2, -0.15) is 0 Å². The summed E-state index contributed by atoms with van der Waals surface area (Å²) in [6, 6.07) is 20.4. The van der Waals surface area contributed by atoms with Crippen molar-refractivity contribution in [3.8, 4) is 5.75 Å². The van der Waals surface area contributed by atoms with Crippen LogP contribution in [0.4, 0.5) is 0 Å². The van der Waals surface area contributed by atoms with E-state index in [0.29, 0.717) is 18.1 Å². The Hall–Kier alpha value is -3.37. The fourth-order valence-electron chi connectivity index (χ4n) is 4.76. The molecule has 176 valence electrons. The first kappa shape index (κ1) is 23.8. The van der Waals surface area contributed by atoms with Gasteiger partial charge in [-0.25, -0.2) is 4.79 Å². The highest BCUT2D eigenvalue weighted by atomic mass is 16.5. The van der Waals surface area contributed by atoms with Gasteiger partial charge in [-0.05, 0) is 97.1 Å². The van der Waals surface area contributed by atoms with Crippen molar-refractivity contribution >= 4 is 28.4 Å². The molecule has 3 aromatic carbocycles. The number of carbonyl (C=O) groups is 1. The average Bonchev–Trinajstić information content (AvgIpc) is 2.84. The number of nitrogens with zero attached hydrogens (tertiary/aromatic N) is 1. The van der Waals surface area contributed by atoms with Gasteiger partial charge in [-0.15, -0.1) is 0 Å². The van der Waals surface area contributed by atoms with Crippen LogP contribution in [0.25, 0.3) is 22.4 Å². The van der Waals surface area contributed by atoms with Gasteiger partial charge in [0.1, 0.15) is 5.75 Å². The van der Waals surface area contributed by atoms with Crippen molar-refractivity contribution in [2.24, 2.45) is 5.92 Å². The highest BCUT2D eigenvalue weighted by molar-refractivity contribution is 6.05. The number of ether oxygens (including phenoxy) is 2. The molecule has 4 nitrogen and oxygen atoms in total. The number of methoxy groups -OCH3 is 1. The van der Waals surface area contributed by atoms with Crippen molar-refractivity contribution in [3.05, 3.63) is 89.0 Å². The molecule has 0 spiro atoms. The molecule has 0 N–H and O–H groups in total. The van der Waals surface area contributed by atoms with Crippen LogP contribution in [-0.2, 0) is 4.74 Å². The monoisotopic (exact) mass is 455 g/mol. The van der Waals surface area contributed by atoms with E-state index >= 15 is 0 Å². The van der Waals surface area contributed by atoms with Crippen LogP contribution < -0.4 is 4.74 Å². The second-order valence-corrected chi connectivity index (χ2v) is 9.06. The van der Waals surface area contributed by atoms with Gasteiger partial charge < -0.3 is 14.4 Å². The van der Waals surface area contributed by atoms with Crippen molar-refractivity contribution in [3.63, 3.8) is 0 Å². The van der Waals surface area contributed by atoms with E-state index < -0.39 is 0 Å². The second-order valence-electron chi connectivity index (χ2n) is 9.06. The smallest absolute Gasteiger partial charge is 0.338 e. The summed E-state index contributed by atoms with van der Waals surface area (Å²) in [6.07, 6.45) is 6.60. The first-order valence-corrected chi connectivity index (χ1v) is 11.9. The molecule has 1 unspecified atom stereocenters. The summed E-state index contributed by atoms with van der Waals surface area (Å²) >= 11 is 0. The van der Waals surface area contributed by atoms with Crippen molar-refractivity contribution in [2.75, 3.05) is 34.4 Å². The maximum Gasteiger partial charge on any atom is 0.338 e. The molecular formula is C30H33NO3.